The first-order valence-electron chi connectivity index (χ1n) is 6.40. The van der Waals surface area contributed by atoms with Gasteiger partial charge in [0.2, 0.25) is 0 Å². The fourth-order valence-electron chi connectivity index (χ4n) is 1.94. The zero-order valence-corrected chi connectivity index (χ0v) is 13.5. The monoisotopic (exact) mass is 385 g/mol. The van der Waals surface area contributed by atoms with E-state index >= 15 is 0 Å². The van der Waals surface area contributed by atoms with Crippen LogP contribution in [0.3, 0.4) is 0 Å². The van der Waals surface area contributed by atoms with Crippen molar-refractivity contribution in [3.63, 3.8) is 0 Å². The van der Waals surface area contributed by atoms with E-state index in [1.807, 2.05) is 5.32 Å². The number of aliphatic carboxylic acids is 1. The molecule has 0 aromatic heterocycles. The molecule has 0 saturated heterocycles. The van der Waals surface area contributed by atoms with Crippen molar-refractivity contribution in [2.24, 2.45) is 0 Å². The van der Waals surface area contributed by atoms with Crippen molar-refractivity contribution in [2.45, 2.75) is 44.2 Å². The van der Waals surface area contributed by atoms with Crippen LogP contribution in [0.15, 0.2) is 28.7 Å². The van der Waals surface area contributed by atoms with Crippen LogP contribution in [-0.2, 0) is 4.79 Å². The Morgan fingerprint density at radius 2 is 1.73 bits per heavy atom. The molecule has 0 aliphatic rings. The van der Waals surface area contributed by atoms with Crippen molar-refractivity contribution < 1.29 is 27.5 Å². The Morgan fingerprint density at radius 1 is 1.23 bits per heavy atom. The quantitative estimate of drug-likeness (QED) is 0.720. The molecule has 1 rings (SSSR count). The number of halogens is 5. The molecule has 8 heteroatoms. The third-order valence-electron chi connectivity index (χ3n) is 2.89. The van der Waals surface area contributed by atoms with Crippen LogP contribution in [0.5, 0.6) is 0 Å². The molecule has 0 aliphatic carbocycles. The largest absolute Gasteiger partial charge is 0.480 e. The zero-order chi connectivity index (χ0) is 17.1. The Kier molecular flexibility index (Phi) is 5.97. The topological polar surface area (TPSA) is 49.3 Å². The Labute approximate surface area is 133 Å². The average molecular weight is 386 g/mol. The van der Waals surface area contributed by atoms with Crippen LogP contribution in [0.4, 0.5) is 17.6 Å². The molecule has 0 radical (unpaired) electrons. The number of hydrogen-bond donors (Lipinski definition) is 2. The second kappa shape index (κ2) is 6.95. The number of hydrogen-bond acceptors (Lipinski definition) is 2. The molecule has 0 spiro atoms. The third-order valence-corrected chi connectivity index (χ3v) is 3.41. The van der Waals surface area contributed by atoms with Gasteiger partial charge < -0.3 is 5.11 Å². The maximum atomic E-state index is 13.6. The summed E-state index contributed by atoms with van der Waals surface area (Å²) in [5.74, 6) is -1.53. The lowest BCUT2D eigenvalue weighted by Crippen LogP contribution is -2.47. The number of carboxylic acid groups (broad SMARTS) is 1. The summed E-state index contributed by atoms with van der Waals surface area (Å²) in [4.78, 5) is 11.1. The van der Waals surface area contributed by atoms with Gasteiger partial charge in [0.05, 0.1) is 0 Å². The fourth-order valence-corrected chi connectivity index (χ4v) is 2.20. The molecule has 2 N–H and O–H groups in total. The van der Waals surface area contributed by atoms with E-state index in [2.05, 4.69) is 15.9 Å². The summed E-state index contributed by atoms with van der Waals surface area (Å²) in [7, 11) is 0. The normalized spacial score (nSPS) is 15.4. The van der Waals surface area contributed by atoms with Crippen molar-refractivity contribution in [1.82, 2.24) is 5.32 Å². The second-order valence-corrected chi connectivity index (χ2v) is 6.42. The van der Waals surface area contributed by atoms with Crippen LogP contribution in [0.25, 0.3) is 0 Å². The van der Waals surface area contributed by atoms with Crippen molar-refractivity contribution in [2.75, 3.05) is 0 Å². The van der Waals surface area contributed by atoms with Gasteiger partial charge in [-0.05, 0) is 31.5 Å². The molecule has 1 unspecified atom stereocenters. The van der Waals surface area contributed by atoms with Gasteiger partial charge in [0.1, 0.15) is 17.8 Å². The number of rotatable bonds is 6. The molecule has 1 aromatic carbocycles. The predicted octanol–water partition coefficient (Wildman–Crippen LogP) is 4.23. The molecule has 0 aliphatic heterocycles. The van der Waals surface area contributed by atoms with E-state index in [4.69, 9.17) is 5.11 Å². The molecule has 1 aromatic rings. The molecule has 0 bridgehead atoms. The van der Waals surface area contributed by atoms with Crippen molar-refractivity contribution >= 4 is 21.9 Å². The predicted molar refractivity (Wildman–Crippen MR) is 77.3 cm³/mol. The van der Waals surface area contributed by atoms with Gasteiger partial charge in [-0.1, -0.05) is 28.1 Å². The Morgan fingerprint density at radius 3 is 2.09 bits per heavy atom. The van der Waals surface area contributed by atoms with Crippen LogP contribution in [0.2, 0.25) is 0 Å². The molecular weight excluding hydrogens is 370 g/mol. The number of alkyl halides is 4. The first-order valence-corrected chi connectivity index (χ1v) is 7.19. The Balaban J connectivity index is 3.07. The molecule has 124 valence electrons. The first-order chi connectivity index (χ1) is 9.90. The maximum Gasteiger partial charge on any atom is 0.407 e. The van der Waals surface area contributed by atoms with Crippen molar-refractivity contribution in [3.05, 3.63) is 34.3 Å². The minimum absolute atomic E-state index is 0.140. The molecule has 0 saturated carbocycles. The summed E-state index contributed by atoms with van der Waals surface area (Å²) in [5.41, 5.74) is -2.05. The van der Waals surface area contributed by atoms with Gasteiger partial charge in [0, 0.05) is 10.9 Å². The highest BCUT2D eigenvalue weighted by Crippen LogP contribution is 2.34. The van der Waals surface area contributed by atoms with Crippen LogP contribution in [0, 0.1) is 0 Å². The Bertz CT molecular complexity index is 511. The number of carbonyl (C=O) groups is 1. The zero-order valence-electron chi connectivity index (χ0n) is 11.9. The van der Waals surface area contributed by atoms with E-state index in [0.717, 1.165) is 13.8 Å². The Hall–Kier alpha value is -1.15. The number of nitrogens with one attached hydrogen (secondary N) is 1. The summed E-state index contributed by atoms with van der Waals surface area (Å²) in [5, 5.41) is 11.0. The van der Waals surface area contributed by atoms with Gasteiger partial charge >= 0.3 is 12.1 Å². The molecule has 0 amide bonds. The fraction of sp³-hybridized carbons (Fsp3) is 0.500. The highest BCUT2D eigenvalue weighted by molar-refractivity contribution is 9.10. The minimum atomic E-state index is -4.71. The summed E-state index contributed by atoms with van der Waals surface area (Å²) in [6.07, 6.45) is -5.28. The van der Waals surface area contributed by atoms with E-state index in [-0.39, 0.29) is 5.56 Å². The lowest BCUT2D eigenvalue weighted by atomic mass is 9.98. The molecule has 0 heterocycles. The van der Waals surface area contributed by atoms with Gasteiger partial charge in [-0.3, -0.25) is 10.1 Å². The van der Waals surface area contributed by atoms with Crippen LogP contribution in [0.1, 0.15) is 31.9 Å². The molecule has 0 fully saturated rings. The van der Waals surface area contributed by atoms with Crippen LogP contribution >= 0.6 is 15.9 Å². The molecule has 3 nitrogen and oxygen atoms in total. The number of benzene rings is 1. The van der Waals surface area contributed by atoms with Gasteiger partial charge in [-0.25, -0.2) is 4.39 Å². The van der Waals surface area contributed by atoms with Gasteiger partial charge in [-0.15, -0.1) is 0 Å². The standard InChI is InChI=1S/C14H16BrF4NO2/c1-13(2,16)7-10(12(21)22)20-11(14(17,18)19)8-3-5-9(15)6-4-8/h3-6,10-11,20H,7H2,1-2H3,(H,21,22)/t10-,11?/m0/s1. The van der Waals surface area contributed by atoms with Gasteiger partial charge in [-0.2, -0.15) is 13.2 Å². The van der Waals surface area contributed by atoms with Crippen molar-refractivity contribution in [1.29, 1.82) is 0 Å². The summed E-state index contributed by atoms with van der Waals surface area (Å²) >= 11 is 3.11. The lowest BCUT2D eigenvalue weighted by molar-refractivity contribution is -0.164. The molecule has 22 heavy (non-hydrogen) atoms. The number of carboxylic acids is 1. The van der Waals surface area contributed by atoms with E-state index in [1.54, 1.807) is 0 Å². The maximum absolute atomic E-state index is 13.6. The minimum Gasteiger partial charge on any atom is -0.480 e. The van der Waals surface area contributed by atoms with Gasteiger partial charge in [0.15, 0.2) is 0 Å². The smallest absolute Gasteiger partial charge is 0.407 e. The van der Waals surface area contributed by atoms with E-state index in [9.17, 15) is 22.4 Å². The van der Waals surface area contributed by atoms with Gasteiger partial charge in [0.25, 0.3) is 0 Å². The van der Waals surface area contributed by atoms with E-state index in [1.165, 1.54) is 24.3 Å². The molecular formula is C14H16BrF4NO2. The highest BCUT2D eigenvalue weighted by Gasteiger charge is 2.43. The molecule has 2 atom stereocenters. The summed E-state index contributed by atoms with van der Waals surface area (Å²) < 4.78 is 53.8. The second-order valence-electron chi connectivity index (χ2n) is 5.51. The summed E-state index contributed by atoms with van der Waals surface area (Å²) in [6.45, 7) is 2.24. The van der Waals surface area contributed by atoms with Crippen LogP contribution < -0.4 is 5.32 Å². The highest BCUT2D eigenvalue weighted by atomic mass is 79.9. The van der Waals surface area contributed by atoms with E-state index < -0.39 is 36.3 Å². The summed E-state index contributed by atoms with van der Waals surface area (Å²) in [6, 6.07) is 1.46. The van der Waals surface area contributed by atoms with Crippen LogP contribution in [-0.4, -0.2) is 29.0 Å². The third kappa shape index (κ3) is 5.92. The van der Waals surface area contributed by atoms with Crippen molar-refractivity contribution in [3.8, 4) is 0 Å². The average Bonchev–Trinajstić information content (AvgIpc) is 2.32. The van der Waals surface area contributed by atoms with E-state index in [0.29, 0.717) is 4.47 Å². The SMILES string of the molecule is CC(C)(F)C[C@H](NC(c1ccc(Br)cc1)C(F)(F)F)C(=O)O. The lowest BCUT2D eigenvalue weighted by Gasteiger charge is -2.28. The first kappa shape index (κ1) is 18.9.